The molecule has 0 saturated heterocycles. The van der Waals surface area contributed by atoms with Gasteiger partial charge in [0.2, 0.25) is 5.91 Å². The zero-order valence-electron chi connectivity index (χ0n) is 14.2. The molecule has 8 heteroatoms. The number of carbonyl (C=O) groups excluding carboxylic acids is 1. The van der Waals surface area contributed by atoms with Crippen molar-refractivity contribution >= 4 is 17.5 Å². The maximum atomic E-state index is 12.0. The Hall–Kier alpha value is -2.48. The summed E-state index contributed by atoms with van der Waals surface area (Å²) in [6, 6.07) is 1.70. The Labute approximate surface area is 140 Å². The molecule has 0 spiro atoms. The number of hydrogen-bond acceptors (Lipinski definition) is 7. The van der Waals surface area contributed by atoms with Crippen LogP contribution in [-0.4, -0.2) is 53.1 Å². The van der Waals surface area contributed by atoms with Gasteiger partial charge in [-0.1, -0.05) is 5.16 Å². The van der Waals surface area contributed by atoms with Crippen LogP contribution < -0.4 is 10.2 Å². The van der Waals surface area contributed by atoms with E-state index in [0.29, 0.717) is 24.5 Å². The van der Waals surface area contributed by atoms with Gasteiger partial charge in [0, 0.05) is 58.2 Å². The smallest absolute Gasteiger partial charge is 0.226 e. The van der Waals surface area contributed by atoms with E-state index < -0.39 is 0 Å². The average molecular weight is 330 g/mol. The Kier molecular flexibility index (Phi) is 4.75. The summed E-state index contributed by atoms with van der Waals surface area (Å²) in [5.41, 5.74) is 2.26. The normalized spacial score (nSPS) is 14.3. The molecule has 1 amide bonds. The lowest BCUT2D eigenvalue weighted by molar-refractivity contribution is -0.116. The molecule has 0 aromatic carbocycles. The number of carbonyl (C=O) groups is 1. The van der Waals surface area contributed by atoms with Crippen molar-refractivity contribution in [3.05, 3.63) is 29.4 Å². The van der Waals surface area contributed by atoms with Crippen LogP contribution in [0.3, 0.4) is 0 Å². The molecule has 24 heavy (non-hydrogen) atoms. The predicted octanol–water partition coefficient (Wildman–Crippen LogP) is 1.23. The van der Waals surface area contributed by atoms with Crippen molar-refractivity contribution < 1.29 is 9.32 Å². The van der Waals surface area contributed by atoms with Crippen molar-refractivity contribution in [2.24, 2.45) is 0 Å². The number of aromatic nitrogens is 3. The molecule has 1 aliphatic rings. The fourth-order valence-electron chi connectivity index (χ4n) is 2.85. The van der Waals surface area contributed by atoms with E-state index in [4.69, 9.17) is 4.52 Å². The van der Waals surface area contributed by atoms with Gasteiger partial charge in [0.05, 0.1) is 5.69 Å². The third-order valence-corrected chi connectivity index (χ3v) is 4.03. The van der Waals surface area contributed by atoms with Gasteiger partial charge in [0.25, 0.3) is 0 Å². The molecule has 0 aliphatic carbocycles. The standard InChI is InChI=1S/C16H22N6O2/c1-11-8-14(20-24-11)19-15(23)5-7-22-6-4-13-12(9-22)16(21(2)3)18-10-17-13/h8,10H,4-7,9H2,1-3H3,(H,19,20,23). The Balaban J connectivity index is 1.57. The van der Waals surface area contributed by atoms with Crippen molar-refractivity contribution in [2.45, 2.75) is 26.3 Å². The molecule has 0 fully saturated rings. The largest absolute Gasteiger partial charge is 0.362 e. The monoisotopic (exact) mass is 330 g/mol. The molecule has 3 rings (SSSR count). The highest BCUT2D eigenvalue weighted by atomic mass is 16.5. The Morgan fingerprint density at radius 2 is 2.25 bits per heavy atom. The van der Waals surface area contributed by atoms with Crippen LogP contribution in [0.1, 0.15) is 23.4 Å². The number of nitrogens with zero attached hydrogens (tertiary/aromatic N) is 5. The van der Waals surface area contributed by atoms with Crippen LogP contribution in [0.2, 0.25) is 0 Å². The molecular weight excluding hydrogens is 308 g/mol. The summed E-state index contributed by atoms with van der Waals surface area (Å²) < 4.78 is 4.94. The van der Waals surface area contributed by atoms with Gasteiger partial charge < -0.3 is 14.7 Å². The Bertz CT molecular complexity index is 727. The van der Waals surface area contributed by atoms with E-state index in [1.807, 2.05) is 19.0 Å². The molecule has 2 aromatic heterocycles. The van der Waals surface area contributed by atoms with Crippen molar-refractivity contribution in [3.63, 3.8) is 0 Å². The van der Waals surface area contributed by atoms with Crippen LogP contribution >= 0.6 is 0 Å². The van der Waals surface area contributed by atoms with Crippen molar-refractivity contribution in [3.8, 4) is 0 Å². The van der Waals surface area contributed by atoms with E-state index in [2.05, 4.69) is 25.3 Å². The molecule has 8 nitrogen and oxygen atoms in total. The molecule has 0 bridgehead atoms. The highest BCUT2D eigenvalue weighted by Gasteiger charge is 2.22. The second-order valence-electron chi connectivity index (χ2n) is 6.16. The summed E-state index contributed by atoms with van der Waals surface area (Å²) in [5.74, 6) is 2.03. The van der Waals surface area contributed by atoms with E-state index >= 15 is 0 Å². The fraction of sp³-hybridized carbons (Fsp3) is 0.500. The van der Waals surface area contributed by atoms with Crippen LogP contribution in [0, 0.1) is 6.92 Å². The first-order valence-electron chi connectivity index (χ1n) is 7.98. The summed E-state index contributed by atoms with van der Waals surface area (Å²) in [5, 5.41) is 6.52. The minimum atomic E-state index is -0.0637. The lowest BCUT2D eigenvalue weighted by Crippen LogP contribution is -2.35. The second kappa shape index (κ2) is 6.96. The third-order valence-electron chi connectivity index (χ3n) is 4.03. The van der Waals surface area contributed by atoms with Crippen LogP contribution in [0.25, 0.3) is 0 Å². The Morgan fingerprint density at radius 1 is 1.42 bits per heavy atom. The first kappa shape index (κ1) is 16.4. The summed E-state index contributed by atoms with van der Waals surface area (Å²) in [6.45, 7) is 4.13. The fourth-order valence-corrected chi connectivity index (χ4v) is 2.85. The zero-order chi connectivity index (χ0) is 17.1. The van der Waals surface area contributed by atoms with Crippen molar-refractivity contribution in [2.75, 3.05) is 37.4 Å². The van der Waals surface area contributed by atoms with Gasteiger partial charge >= 0.3 is 0 Å². The first-order chi connectivity index (χ1) is 11.5. The summed E-state index contributed by atoms with van der Waals surface area (Å²) >= 11 is 0. The van der Waals surface area contributed by atoms with Gasteiger partial charge in [-0.25, -0.2) is 9.97 Å². The lowest BCUT2D eigenvalue weighted by Gasteiger charge is -2.30. The maximum absolute atomic E-state index is 12.0. The van der Waals surface area contributed by atoms with Gasteiger partial charge in [0.15, 0.2) is 5.82 Å². The van der Waals surface area contributed by atoms with Gasteiger partial charge in [-0.2, -0.15) is 0 Å². The molecule has 1 aliphatic heterocycles. The van der Waals surface area contributed by atoms with E-state index in [0.717, 1.165) is 36.6 Å². The van der Waals surface area contributed by atoms with Gasteiger partial charge in [-0.15, -0.1) is 0 Å². The summed E-state index contributed by atoms with van der Waals surface area (Å²) in [4.78, 5) is 25.0. The lowest BCUT2D eigenvalue weighted by atomic mass is 10.1. The number of nitrogens with one attached hydrogen (secondary N) is 1. The van der Waals surface area contributed by atoms with Crippen molar-refractivity contribution in [1.82, 2.24) is 20.0 Å². The van der Waals surface area contributed by atoms with E-state index in [1.165, 1.54) is 0 Å². The quantitative estimate of drug-likeness (QED) is 0.882. The highest BCUT2D eigenvalue weighted by Crippen LogP contribution is 2.24. The second-order valence-corrected chi connectivity index (χ2v) is 6.16. The number of fused-ring (bicyclic) bond motifs is 1. The van der Waals surface area contributed by atoms with Gasteiger partial charge in [-0.3, -0.25) is 9.69 Å². The molecule has 2 aromatic rings. The predicted molar refractivity (Wildman–Crippen MR) is 89.8 cm³/mol. The first-order valence-corrected chi connectivity index (χ1v) is 7.98. The zero-order valence-corrected chi connectivity index (χ0v) is 14.2. The number of aryl methyl sites for hydroxylation is 1. The number of rotatable bonds is 5. The number of anilines is 2. The molecule has 0 unspecified atom stereocenters. The minimum absolute atomic E-state index is 0.0637. The molecular formula is C16H22N6O2. The number of amides is 1. The van der Waals surface area contributed by atoms with E-state index in [1.54, 1.807) is 19.3 Å². The highest BCUT2D eigenvalue weighted by molar-refractivity contribution is 5.89. The SMILES string of the molecule is Cc1cc(NC(=O)CCN2CCc3ncnc(N(C)C)c3C2)no1. The summed E-state index contributed by atoms with van der Waals surface area (Å²) in [6.07, 6.45) is 2.91. The van der Waals surface area contributed by atoms with E-state index in [9.17, 15) is 4.79 Å². The molecule has 128 valence electrons. The third kappa shape index (κ3) is 3.70. The van der Waals surface area contributed by atoms with E-state index in [-0.39, 0.29) is 5.91 Å². The minimum Gasteiger partial charge on any atom is -0.362 e. The molecule has 1 N–H and O–H groups in total. The van der Waals surface area contributed by atoms with Gasteiger partial charge in [-0.05, 0) is 6.92 Å². The average Bonchev–Trinajstić information content (AvgIpc) is 2.97. The van der Waals surface area contributed by atoms with Gasteiger partial charge in [0.1, 0.15) is 17.9 Å². The Morgan fingerprint density at radius 3 is 2.96 bits per heavy atom. The van der Waals surface area contributed by atoms with Crippen LogP contribution in [-0.2, 0) is 17.8 Å². The maximum Gasteiger partial charge on any atom is 0.226 e. The summed E-state index contributed by atoms with van der Waals surface area (Å²) in [7, 11) is 3.96. The van der Waals surface area contributed by atoms with Crippen LogP contribution in [0.5, 0.6) is 0 Å². The molecule has 0 radical (unpaired) electrons. The number of hydrogen-bond donors (Lipinski definition) is 1. The van der Waals surface area contributed by atoms with Crippen LogP contribution in [0.4, 0.5) is 11.6 Å². The molecule has 0 atom stereocenters. The molecule has 0 saturated carbocycles. The molecule has 3 heterocycles. The van der Waals surface area contributed by atoms with Crippen LogP contribution in [0.15, 0.2) is 16.9 Å². The topological polar surface area (TPSA) is 87.4 Å². The van der Waals surface area contributed by atoms with Crippen molar-refractivity contribution in [1.29, 1.82) is 0 Å².